The van der Waals surface area contributed by atoms with E-state index in [-0.39, 0.29) is 0 Å². The maximum atomic E-state index is 6.13. The molecule has 0 aliphatic heterocycles. The van der Waals surface area contributed by atoms with Gasteiger partial charge in [0, 0.05) is 0 Å². The Bertz CT molecular complexity index is 116. The minimum atomic E-state index is -1.82. The van der Waals surface area contributed by atoms with Crippen LogP contribution in [0.1, 0.15) is 20.8 Å². The van der Waals surface area contributed by atoms with E-state index in [1.807, 2.05) is 0 Å². The molecule has 0 saturated carbocycles. The Hall–Kier alpha value is 0.463. The molecule has 0 atom stereocenters. The number of hydrogen-bond donors (Lipinski definition) is 0. The predicted molar refractivity (Wildman–Crippen MR) is 61.7 cm³/mol. The van der Waals surface area contributed by atoms with Crippen molar-refractivity contribution in [3.8, 4) is 0 Å². The van der Waals surface area contributed by atoms with Gasteiger partial charge in [-0.3, -0.25) is 0 Å². The molecule has 0 aromatic heterocycles. The van der Waals surface area contributed by atoms with Gasteiger partial charge in [0.1, 0.15) is 0 Å². The van der Waals surface area contributed by atoms with Gasteiger partial charge in [0.2, 0.25) is 0 Å². The molecule has 0 amide bonds. The van der Waals surface area contributed by atoms with E-state index in [0.29, 0.717) is 0 Å². The number of rotatable bonds is 7. The quantitative estimate of drug-likeness (QED) is 0.642. The van der Waals surface area contributed by atoms with Crippen LogP contribution in [0.25, 0.3) is 0 Å². The molecule has 2 nitrogen and oxygen atoms in total. The fourth-order valence-corrected chi connectivity index (χ4v) is 7.03. The number of hydrogen-bond acceptors (Lipinski definition) is 2. The molecule has 0 fully saturated rings. The Morgan fingerprint density at radius 2 is 1.46 bits per heavy atom. The Kier molecular flexibility index (Phi) is 7.09. The van der Waals surface area contributed by atoms with Crippen LogP contribution in [0.2, 0.25) is 15.8 Å². The topological polar surface area (TPSA) is 12.5 Å². The molecule has 0 spiro atoms. The second-order valence-electron chi connectivity index (χ2n) is 3.90. The van der Waals surface area contributed by atoms with Gasteiger partial charge in [0.15, 0.2) is 0 Å². The third kappa shape index (κ3) is 5.03. The van der Waals surface area contributed by atoms with Crippen LogP contribution in [-0.4, -0.2) is 45.7 Å². The fourth-order valence-electron chi connectivity index (χ4n) is 1.50. The molecular weight excluding hydrogens is 223 g/mol. The third-order valence-electron chi connectivity index (χ3n) is 2.88. The summed E-state index contributed by atoms with van der Waals surface area (Å²) in [5.74, 6) is 0. The Morgan fingerprint density at radius 1 is 1.00 bits per heavy atom. The van der Waals surface area contributed by atoms with Gasteiger partial charge in [-0.15, -0.1) is 0 Å². The Balaban J connectivity index is 3.81. The van der Waals surface area contributed by atoms with Gasteiger partial charge >= 0.3 is 86.0 Å². The molecule has 0 rings (SSSR count). The zero-order valence-electron chi connectivity index (χ0n) is 9.89. The van der Waals surface area contributed by atoms with Crippen molar-refractivity contribution in [1.29, 1.82) is 0 Å². The summed E-state index contributed by atoms with van der Waals surface area (Å²) in [6, 6.07) is 0. The molecule has 0 bridgehead atoms. The normalized spacial score (nSPS) is 12.5. The standard InChI is InChI=1S/C10H25GeNO/c1-6-11(7-2,8-3)13-10-9-12(4)5/h6-10H2,1-5H3. The molecule has 0 N–H and O–H groups in total. The summed E-state index contributed by atoms with van der Waals surface area (Å²) < 4.78 is 6.13. The van der Waals surface area contributed by atoms with Crippen molar-refractivity contribution in [1.82, 2.24) is 4.90 Å². The molecule has 0 radical (unpaired) electrons. The first-order valence-electron chi connectivity index (χ1n) is 5.39. The van der Waals surface area contributed by atoms with Gasteiger partial charge in [0.05, 0.1) is 0 Å². The monoisotopic (exact) mass is 249 g/mol. The summed E-state index contributed by atoms with van der Waals surface area (Å²) in [4.78, 5) is 2.19. The van der Waals surface area contributed by atoms with E-state index in [0.717, 1.165) is 13.2 Å². The van der Waals surface area contributed by atoms with Crippen molar-refractivity contribution in [2.45, 2.75) is 36.5 Å². The predicted octanol–water partition coefficient (Wildman–Crippen LogP) is 2.57. The molecule has 0 heterocycles. The molecular formula is C10H25GeNO. The van der Waals surface area contributed by atoms with Crippen molar-refractivity contribution in [2.75, 3.05) is 27.2 Å². The van der Waals surface area contributed by atoms with E-state index in [4.69, 9.17) is 3.76 Å². The van der Waals surface area contributed by atoms with Crippen LogP contribution in [0.5, 0.6) is 0 Å². The van der Waals surface area contributed by atoms with Crippen LogP contribution < -0.4 is 0 Å². The van der Waals surface area contributed by atoms with E-state index in [2.05, 4.69) is 39.8 Å². The van der Waals surface area contributed by atoms with Gasteiger partial charge in [-0.25, -0.2) is 0 Å². The van der Waals surface area contributed by atoms with Crippen molar-refractivity contribution in [2.24, 2.45) is 0 Å². The van der Waals surface area contributed by atoms with Gasteiger partial charge in [-0.2, -0.15) is 0 Å². The molecule has 0 saturated heterocycles. The first-order chi connectivity index (χ1) is 6.10. The van der Waals surface area contributed by atoms with Crippen molar-refractivity contribution in [3.05, 3.63) is 0 Å². The first-order valence-corrected chi connectivity index (χ1v) is 10.7. The molecule has 3 heteroatoms. The maximum absolute atomic E-state index is 6.13. The van der Waals surface area contributed by atoms with Crippen LogP contribution in [0.4, 0.5) is 0 Å². The summed E-state index contributed by atoms with van der Waals surface area (Å²) in [6.07, 6.45) is 0. The van der Waals surface area contributed by atoms with Crippen molar-refractivity contribution >= 4 is 13.6 Å². The van der Waals surface area contributed by atoms with Crippen LogP contribution in [0.15, 0.2) is 0 Å². The van der Waals surface area contributed by atoms with E-state index in [9.17, 15) is 0 Å². The number of nitrogens with zero attached hydrogens (tertiary/aromatic N) is 1. The van der Waals surface area contributed by atoms with Gasteiger partial charge in [-0.1, -0.05) is 0 Å². The SMILES string of the molecule is C[CH2][Ge]([CH2]C)([CH2]C)[O]CCN(C)C. The molecule has 0 aliphatic rings. The third-order valence-corrected chi connectivity index (χ3v) is 12.7. The van der Waals surface area contributed by atoms with Crippen molar-refractivity contribution < 1.29 is 3.76 Å². The molecule has 0 aliphatic carbocycles. The zero-order valence-corrected chi connectivity index (χ0v) is 12.0. The van der Waals surface area contributed by atoms with Crippen molar-refractivity contribution in [3.63, 3.8) is 0 Å². The van der Waals surface area contributed by atoms with E-state index in [1.54, 1.807) is 0 Å². The Morgan fingerprint density at radius 3 is 1.77 bits per heavy atom. The average molecular weight is 248 g/mol. The van der Waals surface area contributed by atoms with E-state index >= 15 is 0 Å². The van der Waals surface area contributed by atoms with Gasteiger partial charge < -0.3 is 0 Å². The molecule has 13 heavy (non-hydrogen) atoms. The summed E-state index contributed by atoms with van der Waals surface area (Å²) >= 11 is -1.82. The molecule has 0 aromatic rings. The Labute approximate surface area is 86.3 Å². The van der Waals surface area contributed by atoms with Crippen LogP contribution in [-0.2, 0) is 3.76 Å². The van der Waals surface area contributed by atoms with E-state index < -0.39 is 13.6 Å². The van der Waals surface area contributed by atoms with Crippen LogP contribution >= 0.6 is 0 Å². The molecule has 0 aromatic carbocycles. The van der Waals surface area contributed by atoms with Crippen LogP contribution in [0, 0.1) is 0 Å². The van der Waals surface area contributed by atoms with Gasteiger partial charge in [-0.05, 0) is 0 Å². The molecule has 80 valence electrons. The van der Waals surface area contributed by atoms with E-state index in [1.165, 1.54) is 15.8 Å². The number of likely N-dealkylation sites (N-methyl/N-ethyl adjacent to an activating group) is 1. The average Bonchev–Trinajstić information content (AvgIpc) is 2.13. The summed E-state index contributed by atoms with van der Waals surface area (Å²) in [7, 11) is 4.20. The second-order valence-corrected chi connectivity index (χ2v) is 13.9. The summed E-state index contributed by atoms with van der Waals surface area (Å²) in [5, 5.41) is 3.92. The summed E-state index contributed by atoms with van der Waals surface area (Å²) in [5.41, 5.74) is 0. The molecule has 0 unspecified atom stereocenters. The van der Waals surface area contributed by atoms with Gasteiger partial charge in [0.25, 0.3) is 0 Å². The van der Waals surface area contributed by atoms with Crippen LogP contribution in [0.3, 0.4) is 0 Å². The first kappa shape index (κ1) is 13.5. The second kappa shape index (κ2) is 6.85. The zero-order chi connectivity index (χ0) is 10.3. The summed E-state index contributed by atoms with van der Waals surface area (Å²) in [6.45, 7) is 8.88. The fraction of sp³-hybridized carbons (Fsp3) is 1.00. The minimum absolute atomic E-state index is 0.933.